The molecule has 0 spiro atoms. The number of hydrogen-bond acceptors (Lipinski definition) is 5. The molecule has 4 rings (SSSR count). The molecule has 6 nitrogen and oxygen atoms in total. The van der Waals surface area contributed by atoms with Gasteiger partial charge in [0.25, 0.3) is 0 Å². The maximum absolute atomic E-state index is 11.9. The van der Waals surface area contributed by atoms with E-state index < -0.39 is 0 Å². The normalized spacial score (nSPS) is 13.9. The van der Waals surface area contributed by atoms with E-state index in [-0.39, 0.29) is 18.1 Å². The Morgan fingerprint density at radius 1 is 1.25 bits per heavy atom. The van der Waals surface area contributed by atoms with Crippen LogP contribution in [0.4, 0.5) is 5.82 Å². The van der Waals surface area contributed by atoms with E-state index in [0.29, 0.717) is 35.2 Å². The fourth-order valence-electron chi connectivity index (χ4n) is 3.48. The minimum atomic E-state index is -0.0628. The van der Waals surface area contributed by atoms with Crippen LogP contribution in [0.15, 0.2) is 42.5 Å². The standard InChI is InChI=1S/C21H17ClN4O2/c1-28-15-5-6-16-17(10-15)20(13-3-2-4-14(22)9-13)18(11-23)25-21(16)26-8-7-24-19(27)12-26/h2-6,9-10H,7-8,12H2,1H3,(H,24,27). The summed E-state index contributed by atoms with van der Waals surface area (Å²) in [5, 5.41) is 14.9. The summed E-state index contributed by atoms with van der Waals surface area (Å²) >= 11 is 6.19. The molecule has 1 fully saturated rings. The highest BCUT2D eigenvalue weighted by Crippen LogP contribution is 2.38. The molecule has 140 valence electrons. The van der Waals surface area contributed by atoms with Gasteiger partial charge in [0, 0.05) is 29.1 Å². The maximum atomic E-state index is 11.9. The van der Waals surface area contributed by atoms with Crippen molar-refractivity contribution in [3.05, 3.63) is 53.2 Å². The minimum absolute atomic E-state index is 0.0628. The van der Waals surface area contributed by atoms with E-state index in [4.69, 9.17) is 16.3 Å². The third kappa shape index (κ3) is 3.21. The highest BCUT2D eigenvalue weighted by atomic mass is 35.5. The summed E-state index contributed by atoms with van der Waals surface area (Å²) in [5.74, 6) is 1.23. The van der Waals surface area contributed by atoms with Gasteiger partial charge in [-0.15, -0.1) is 0 Å². The summed E-state index contributed by atoms with van der Waals surface area (Å²) in [6, 6.07) is 15.2. The zero-order chi connectivity index (χ0) is 19.7. The molecular formula is C21H17ClN4O2. The molecule has 1 N–H and O–H groups in total. The lowest BCUT2D eigenvalue weighted by Gasteiger charge is -2.29. The average Bonchev–Trinajstić information content (AvgIpc) is 2.72. The van der Waals surface area contributed by atoms with Crippen molar-refractivity contribution in [3.8, 4) is 22.9 Å². The lowest BCUT2D eigenvalue weighted by atomic mass is 9.96. The number of methoxy groups -OCH3 is 1. The second kappa shape index (κ2) is 7.37. The number of ether oxygens (including phenoxy) is 1. The van der Waals surface area contributed by atoms with Crippen molar-refractivity contribution in [2.45, 2.75) is 0 Å². The molecule has 0 saturated carbocycles. The zero-order valence-electron chi connectivity index (χ0n) is 15.2. The van der Waals surface area contributed by atoms with E-state index in [9.17, 15) is 10.1 Å². The van der Waals surface area contributed by atoms with Gasteiger partial charge in [-0.05, 0) is 41.3 Å². The average molecular weight is 393 g/mol. The van der Waals surface area contributed by atoms with Gasteiger partial charge in [-0.1, -0.05) is 23.7 Å². The van der Waals surface area contributed by atoms with Crippen LogP contribution in [0, 0.1) is 11.3 Å². The highest BCUT2D eigenvalue weighted by molar-refractivity contribution is 6.31. The summed E-state index contributed by atoms with van der Waals surface area (Å²) in [7, 11) is 1.60. The van der Waals surface area contributed by atoms with Crippen molar-refractivity contribution in [1.29, 1.82) is 5.26 Å². The van der Waals surface area contributed by atoms with Crippen LogP contribution in [0.1, 0.15) is 5.69 Å². The second-order valence-corrected chi connectivity index (χ2v) is 6.90. The van der Waals surface area contributed by atoms with E-state index >= 15 is 0 Å². The summed E-state index contributed by atoms with van der Waals surface area (Å²) in [6.07, 6.45) is 0. The van der Waals surface area contributed by atoms with E-state index in [1.807, 2.05) is 41.3 Å². The Morgan fingerprint density at radius 2 is 2.11 bits per heavy atom. The van der Waals surface area contributed by atoms with E-state index in [2.05, 4.69) is 16.4 Å². The number of fused-ring (bicyclic) bond motifs is 1. The second-order valence-electron chi connectivity index (χ2n) is 6.46. The number of benzene rings is 2. The van der Waals surface area contributed by atoms with Gasteiger partial charge in [0.2, 0.25) is 5.91 Å². The van der Waals surface area contributed by atoms with Crippen LogP contribution in [-0.4, -0.2) is 37.6 Å². The molecule has 3 aromatic rings. The number of nitrogens with one attached hydrogen (secondary N) is 1. The first-order valence-electron chi connectivity index (χ1n) is 8.80. The number of nitriles is 1. The lowest BCUT2D eigenvalue weighted by Crippen LogP contribution is -2.48. The number of hydrogen-bond donors (Lipinski definition) is 1. The summed E-state index contributed by atoms with van der Waals surface area (Å²) in [6.45, 7) is 1.37. The van der Waals surface area contributed by atoms with Crippen LogP contribution < -0.4 is 15.0 Å². The highest BCUT2D eigenvalue weighted by Gasteiger charge is 2.23. The van der Waals surface area contributed by atoms with Crippen molar-refractivity contribution in [3.63, 3.8) is 0 Å². The number of rotatable bonds is 3. The first-order chi connectivity index (χ1) is 13.6. The largest absolute Gasteiger partial charge is 0.497 e. The number of carbonyl (C=O) groups excluding carboxylic acids is 1. The number of anilines is 1. The Labute approximate surface area is 167 Å². The number of carbonyl (C=O) groups is 1. The number of aromatic nitrogens is 1. The van der Waals surface area contributed by atoms with E-state index in [1.165, 1.54) is 0 Å². The summed E-state index contributed by atoms with van der Waals surface area (Å²) in [5.41, 5.74) is 1.78. The van der Waals surface area contributed by atoms with E-state index in [0.717, 1.165) is 16.3 Å². The quantitative estimate of drug-likeness (QED) is 0.739. The van der Waals surface area contributed by atoms with Gasteiger partial charge in [-0.3, -0.25) is 4.79 Å². The lowest BCUT2D eigenvalue weighted by molar-refractivity contribution is -0.120. The number of piperazine rings is 1. The van der Waals surface area contributed by atoms with Gasteiger partial charge >= 0.3 is 0 Å². The molecule has 1 aromatic heterocycles. The van der Waals surface area contributed by atoms with Crippen LogP contribution in [0.2, 0.25) is 5.02 Å². The minimum Gasteiger partial charge on any atom is -0.497 e. The zero-order valence-corrected chi connectivity index (χ0v) is 16.0. The monoisotopic (exact) mass is 392 g/mol. The van der Waals surface area contributed by atoms with Crippen molar-refractivity contribution in [1.82, 2.24) is 10.3 Å². The maximum Gasteiger partial charge on any atom is 0.239 e. The smallest absolute Gasteiger partial charge is 0.239 e. The Morgan fingerprint density at radius 3 is 2.82 bits per heavy atom. The molecule has 0 atom stereocenters. The molecule has 1 saturated heterocycles. The van der Waals surface area contributed by atoms with Crippen molar-refractivity contribution in [2.75, 3.05) is 31.6 Å². The Balaban J connectivity index is 2.03. The molecule has 28 heavy (non-hydrogen) atoms. The Kier molecular flexibility index (Phi) is 4.76. The molecule has 0 radical (unpaired) electrons. The molecule has 1 amide bonds. The van der Waals surface area contributed by atoms with Gasteiger partial charge in [-0.25, -0.2) is 4.98 Å². The molecule has 1 aliphatic rings. The van der Waals surface area contributed by atoms with Crippen LogP contribution >= 0.6 is 11.6 Å². The SMILES string of the molecule is COc1ccc2c(N3CCNC(=O)C3)nc(C#N)c(-c3cccc(Cl)c3)c2c1. The molecule has 2 heterocycles. The summed E-state index contributed by atoms with van der Waals surface area (Å²) in [4.78, 5) is 18.4. The predicted molar refractivity (Wildman–Crippen MR) is 109 cm³/mol. The molecule has 1 aliphatic heterocycles. The number of nitrogens with zero attached hydrogens (tertiary/aromatic N) is 3. The molecule has 7 heteroatoms. The van der Waals surface area contributed by atoms with E-state index in [1.54, 1.807) is 13.2 Å². The summed E-state index contributed by atoms with van der Waals surface area (Å²) < 4.78 is 5.41. The number of halogens is 1. The van der Waals surface area contributed by atoms with Crippen molar-refractivity contribution in [2.24, 2.45) is 0 Å². The van der Waals surface area contributed by atoms with Gasteiger partial charge < -0.3 is 15.0 Å². The van der Waals surface area contributed by atoms with Crippen LogP contribution in [-0.2, 0) is 4.79 Å². The van der Waals surface area contributed by atoms with Gasteiger partial charge in [-0.2, -0.15) is 5.26 Å². The van der Waals surface area contributed by atoms with Gasteiger partial charge in [0.1, 0.15) is 17.6 Å². The van der Waals surface area contributed by atoms with Gasteiger partial charge in [0.05, 0.1) is 13.7 Å². The Bertz CT molecular complexity index is 1120. The van der Waals surface area contributed by atoms with Crippen LogP contribution in [0.5, 0.6) is 5.75 Å². The molecule has 2 aromatic carbocycles. The first kappa shape index (κ1) is 18.1. The van der Waals surface area contributed by atoms with Crippen molar-refractivity contribution >= 4 is 34.1 Å². The topological polar surface area (TPSA) is 78.2 Å². The Hall–Kier alpha value is -3.30. The van der Waals surface area contributed by atoms with Crippen molar-refractivity contribution < 1.29 is 9.53 Å². The molecule has 0 aliphatic carbocycles. The molecular weight excluding hydrogens is 376 g/mol. The van der Waals surface area contributed by atoms with Gasteiger partial charge in [0.15, 0.2) is 5.69 Å². The first-order valence-corrected chi connectivity index (χ1v) is 9.18. The molecule has 0 bridgehead atoms. The number of amides is 1. The van der Waals surface area contributed by atoms with Crippen LogP contribution in [0.3, 0.4) is 0 Å². The predicted octanol–water partition coefficient (Wildman–Crippen LogP) is 3.37. The third-order valence-electron chi connectivity index (χ3n) is 4.75. The molecule has 0 unspecified atom stereocenters. The number of pyridine rings is 1. The third-order valence-corrected chi connectivity index (χ3v) is 4.98. The fraction of sp³-hybridized carbons (Fsp3) is 0.190. The van der Waals surface area contributed by atoms with Crippen LogP contribution in [0.25, 0.3) is 21.9 Å². The fourth-order valence-corrected chi connectivity index (χ4v) is 3.67.